The van der Waals surface area contributed by atoms with Crippen molar-refractivity contribution in [2.24, 2.45) is 0 Å². The van der Waals surface area contributed by atoms with Crippen LogP contribution in [0.5, 0.6) is 5.75 Å². The summed E-state index contributed by atoms with van der Waals surface area (Å²) in [7, 11) is 1.55. The molecule has 0 unspecified atom stereocenters. The van der Waals surface area contributed by atoms with Crippen LogP contribution < -0.4 is 10.1 Å². The quantitative estimate of drug-likeness (QED) is 0.658. The number of nitrogens with one attached hydrogen (secondary N) is 1. The third-order valence-corrected chi connectivity index (χ3v) is 5.33. The fourth-order valence-corrected chi connectivity index (χ4v) is 3.76. The van der Waals surface area contributed by atoms with E-state index < -0.39 is 0 Å². The lowest BCUT2D eigenvalue weighted by molar-refractivity contribution is -0.133. The van der Waals surface area contributed by atoms with Gasteiger partial charge in [0.15, 0.2) is 5.82 Å². The highest BCUT2D eigenvalue weighted by Gasteiger charge is 2.32. The Bertz CT molecular complexity index is 1080. The van der Waals surface area contributed by atoms with E-state index in [1.807, 2.05) is 12.1 Å². The average Bonchev–Trinajstić information content (AvgIpc) is 3.46. The Morgan fingerprint density at radius 3 is 2.84 bits per heavy atom. The number of aryl methyl sites for hydroxylation is 1. The van der Waals surface area contributed by atoms with E-state index >= 15 is 0 Å². The first-order valence-corrected chi connectivity index (χ1v) is 10.1. The van der Waals surface area contributed by atoms with Crippen LogP contribution in [0.2, 0.25) is 0 Å². The van der Waals surface area contributed by atoms with Crippen molar-refractivity contribution < 1.29 is 14.3 Å². The lowest BCUT2D eigenvalue weighted by Gasteiger charge is -2.24. The summed E-state index contributed by atoms with van der Waals surface area (Å²) in [5.41, 5.74) is 1.51. The summed E-state index contributed by atoms with van der Waals surface area (Å²) in [6.45, 7) is 2.61. The maximum Gasteiger partial charge on any atom is 0.259 e. The van der Waals surface area contributed by atoms with E-state index in [2.05, 4.69) is 20.4 Å². The molecule has 0 saturated carbocycles. The van der Waals surface area contributed by atoms with Gasteiger partial charge in [-0.25, -0.2) is 9.97 Å². The Labute approximate surface area is 180 Å². The van der Waals surface area contributed by atoms with Crippen molar-refractivity contribution >= 4 is 17.5 Å². The highest BCUT2D eigenvalue weighted by molar-refractivity contribution is 6.05. The van der Waals surface area contributed by atoms with Crippen LogP contribution in [-0.2, 0) is 11.3 Å². The number of methoxy groups -OCH3 is 1. The summed E-state index contributed by atoms with van der Waals surface area (Å²) in [4.78, 5) is 36.3. The number of carbonyl (C=O) groups excluding carboxylic acids is 2. The van der Waals surface area contributed by atoms with Crippen LogP contribution in [0, 0.1) is 6.92 Å². The maximum absolute atomic E-state index is 12.8. The van der Waals surface area contributed by atoms with Crippen LogP contribution in [-0.4, -0.2) is 50.1 Å². The molecule has 3 aromatic rings. The van der Waals surface area contributed by atoms with Crippen LogP contribution in [0.1, 0.15) is 40.8 Å². The monoisotopic (exact) mass is 420 g/mol. The molecule has 1 aromatic carbocycles. The molecule has 1 aliphatic heterocycles. The molecule has 160 valence electrons. The van der Waals surface area contributed by atoms with Gasteiger partial charge in [0.05, 0.1) is 30.1 Å². The number of para-hydroxylation sites is 2. The van der Waals surface area contributed by atoms with E-state index in [0.29, 0.717) is 35.1 Å². The lowest BCUT2D eigenvalue weighted by Crippen LogP contribution is -2.34. The minimum absolute atomic E-state index is 0.0227. The van der Waals surface area contributed by atoms with Crippen molar-refractivity contribution in [3.05, 3.63) is 66.0 Å². The minimum atomic E-state index is -0.313. The fourth-order valence-electron chi connectivity index (χ4n) is 3.76. The number of carbonyl (C=O) groups is 2. The molecule has 2 amide bonds. The SMILES string of the molecule is COc1ccccc1NC(=O)c1cnc([C@@H]2CCCN2C(=O)Cn2cccn2)nc1C. The van der Waals surface area contributed by atoms with Gasteiger partial charge in [0.1, 0.15) is 12.3 Å². The summed E-state index contributed by atoms with van der Waals surface area (Å²) in [6.07, 6.45) is 6.61. The second-order valence-electron chi connectivity index (χ2n) is 7.33. The molecule has 9 heteroatoms. The molecule has 1 aliphatic rings. The van der Waals surface area contributed by atoms with Crippen molar-refractivity contribution in [1.29, 1.82) is 0 Å². The molecular weight excluding hydrogens is 396 g/mol. The third-order valence-electron chi connectivity index (χ3n) is 5.33. The molecule has 0 spiro atoms. The first-order chi connectivity index (χ1) is 15.1. The van der Waals surface area contributed by atoms with Gasteiger partial charge in [-0.05, 0) is 38.0 Å². The van der Waals surface area contributed by atoms with Gasteiger partial charge in [0.25, 0.3) is 5.91 Å². The van der Waals surface area contributed by atoms with Gasteiger partial charge < -0.3 is 15.0 Å². The van der Waals surface area contributed by atoms with Crippen LogP contribution in [0.15, 0.2) is 48.9 Å². The Morgan fingerprint density at radius 2 is 2.10 bits per heavy atom. The molecule has 31 heavy (non-hydrogen) atoms. The Balaban J connectivity index is 1.50. The summed E-state index contributed by atoms with van der Waals surface area (Å²) in [5.74, 6) is 0.790. The number of nitrogens with zero attached hydrogens (tertiary/aromatic N) is 5. The predicted octanol–water partition coefficient (Wildman–Crippen LogP) is 2.61. The van der Waals surface area contributed by atoms with Crippen molar-refractivity contribution in [2.45, 2.75) is 32.4 Å². The van der Waals surface area contributed by atoms with Gasteiger partial charge in [-0.3, -0.25) is 14.3 Å². The van der Waals surface area contributed by atoms with Crippen LogP contribution in [0.4, 0.5) is 5.69 Å². The highest BCUT2D eigenvalue weighted by atomic mass is 16.5. The molecule has 1 N–H and O–H groups in total. The number of likely N-dealkylation sites (tertiary alicyclic amines) is 1. The maximum atomic E-state index is 12.8. The fraction of sp³-hybridized carbons (Fsp3) is 0.318. The van der Waals surface area contributed by atoms with Gasteiger partial charge >= 0.3 is 0 Å². The molecule has 2 aromatic heterocycles. The van der Waals surface area contributed by atoms with Crippen molar-refractivity contribution in [1.82, 2.24) is 24.6 Å². The van der Waals surface area contributed by atoms with E-state index in [4.69, 9.17) is 4.74 Å². The lowest BCUT2D eigenvalue weighted by atomic mass is 10.1. The number of aromatic nitrogens is 4. The topological polar surface area (TPSA) is 102 Å². The van der Waals surface area contributed by atoms with Gasteiger partial charge in [-0.15, -0.1) is 0 Å². The number of benzene rings is 1. The zero-order valence-corrected chi connectivity index (χ0v) is 17.5. The van der Waals surface area contributed by atoms with E-state index in [0.717, 1.165) is 12.8 Å². The van der Waals surface area contributed by atoms with E-state index in [-0.39, 0.29) is 24.4 Å². The number of hydrogen-bond donors (Lipinski definition) is 1. The summed E-state index contributed by atoms with van der Waals surface area (Å²) < 4.78 is 6.89. The summed E-state index contributed by atoms with van der Waals surface area (Å²) >= 11 is 0. The van der Waals surface area contributed by atoms with Crippen LogP contribution in [0.25, 0.3) is 0 Å². The Hall–Kier alpha value is -3.75. The number of anilines is 1. The molecule has 1 fully saturated rings. The third kappa shape index (κ3) is 4.40. The minimum Gasteiger partial charge on any atom is -0.495 e. The summed E-state index contributed by atoms with van der Waals surface area (Å²) in [5, 5.41) is 6.94. The van der Waals surface area contributed by atoms with E-state index in [9.17, 15) is 9.59 Å². The Morgan fingerprint density at radius 1 is 1.26 bits per heavy atom. The smallest absolute Gasteiger partial charge is 0.259 e. The molecule has 1 atom stereocenters. The molecular formula is C22H24N6O3. The molecule has 1 saturated heterocycles. The van der Waals surface area contributed by atoms with Crippen LogP contribution in [0.3, 0.4) is 0 Å². The van der Waals surface area contributed by atoms with Crippen LogP contribution >= 0.6 is 0 Å². The average molecular weight is 420 g/mol. The first-order valence-electron chi connectivity index (χ1n) is 10.1. The molecule has 0 aliphatic carbocycles. The molecule has 0 bridgehead atoms. The second-order valence-corrected chi connectivity index (χ2v) is 7.33. The van der Waals surface area contributed by atoms with Gasteiger partial charge in [-0.1, -0.05) is 12.1 Å². The Kier molecular flexibility index (Phi) is 5.92. The van der Waals surface area contributed by atoms with Gasteiger partial charge in [0.2, 0.25) is 5.91 Å². The summed E-state index contributed by atoms with van der Waals surface area (Å²) in [6, 6.07) is 8.78. The molecule has 9 nitrogen and oxygen atoms in total. The predicted molar refractivity (Wildman–Crippen MR) is 114 cm³/mol. The number of amides is 2. The van der Waals surface area contributed by atoms with Crippen molar-refractivity contribution in [2.75, 3.05) is 19.0 Å². The normalized spacial score (nSPS) is 15.7. The van der Waals surface area contributed by atoms with Crippen molar-refractivity contribution in [3.63, 3.8) is 0 Å². The number of rotatable bonds is 6. The van der Waals surface area contributed by atoms with Crippen molar-refractivity contribution in [3.8, 4) is 5.75 Å². The molecule has 4 rings (SSSR count). The number of hydrogen-bond acceptors (Lipinski definition) is 6. The molecule has 3 heterocycles. The zero-order chi connectivity index (χ0) is 21.8. The van der Waals surface area contributed by atoms with E-state index in [1.54, 1.807) is 54.2 Å². The van der Waals surface area contributed by atoms with Gasteiger partial charge in [-0.2, -0.15) is 5.10 Å². The largest absolute Gasteiger partial charge is 0.495 e. The first kappa shape index (κ1) is 20.5. The van der Waals surface area contributed by atoms with Gasteiger partial charge in [0, 0.05) is 25.1 Å². The van der Waals surface area contributed by atoms with E-state index in [1.165, 1.54) is 6.20 Å². The molecule has 0 radical (unpaired) electrons. The highest BCUT2D eigenvalue weighted by Crippen LogP contribution is 2.30. The standard InChI is InChI=1S/C22H24N6O3/c1-15-16(22(30)26-17-7-3-4-9-19(17)31-2)13-23-21(25-15)18-8-5-12-28(18)20(29)14-27-11-6-10-24-27/h3-4,6-7,9-11,13,18H,5,8,12,14H2,1-2H3,(H,26,30)/t18-/m0/s1. The number of ether oxygens (including phenoxy) is 1. The zero-order valence-electron chi connectivity index (χ0n) is 17.5. The second kappa shape index (κ2) is 8.95.